The highest BCUT2D eigenvalue weighted by Gasteiger charge is 2.15. The topological polar surface area (TPSA) is 30.5 Å². The number of hydrogen-bond acceptors (Lipinski definition) is 3. The molecule has 1 saturated carbocycles. The summed E-state index contributed by atoms with van der Waals surface area (Å²) in [5.74, 6) is 1.53. The zero-order valence-corrected chi connectivity index (χ0v) is 20.8. The molecule has 3 nitrogen and oxygen atoms in total. The molecule has 1 aliphatic rings. The Labute approximate surface area is 200 Å². The Bertz CT molecular complexity index is 763. The van der Waals surface area contributed by atoms with Crippen LogP contribution in [-0.2, 0) is 13.2 Å². The molecule has 166 valence electrons. The van der Waals surface area contributed by atoms with Crippen LogP contribution >= 0.6 is 39.9 Å². The summed E-state index contributed by atoms with van der Waals surface area (Å²) in [6.07, 6.45) is 9.38. The lowest BCUT2D eigenvalue weighted by Crippen LogP contribution is -2.29. The van der Waals surface area contributed by atoms with E-state index >= 15 is 0 Å². The summed E-state index contributed by atoms with van der Waals surface area (Å²) in [6, 6.07) is 12.6. The predicted octanol–water partition coefficient (Wildman–Crippen LogP) is 7.70. The van der Waals surface area contributed by atoms with Gasteiger partial charge in [0, 0.05) is 17.6 Å². The molecule has 1 aliphatic carbocycles. The Morgan fingerprint density at radius 2 is 1.63 bits per heavy atom. The lowest BCUT2D eigenvalue weighted by atomic mass is 9.96. The molecule has 1 fully saturated rings. The highest BCUT2D eigenvalue weighted by Crippen LogP contribution is 2.37. The molecule has 0 unspecified atom stereocenters. The summed E-state index contributed by atoms with van der Waals surface area (Å²) in [5.41, 5.74) is 2.28. The molecule has 0 amide bonds. The van der Waals surface area contributed by atoms with Gasteiger partial charge in [0.25, 0.3) is 0 Å². The Hall–Kier alpha value is -0.940. The number of ether oxygens (including phenoxy) is 2. The van der Waals surface area contributed by atoms with Gasteiger partial charge in [0.15, 0.2) is 11.5 Å². The van der Waals surface area contributed by atoms with Gasteiger partial charge in [-0.25, -0.2) is 0 Å². The number of benzene rings is 2. The average Bonchev–Trinajstić information content (AvgIpc) is 2.68. The van der Waals surface area contributed by atoms with Gasteiger partial charge in [0.1, 0.15) is 6.61 Å². The van der Waals surface area contributed by atoms with E-state index in [9.17, 15) is 0 Å². The maximum Gasteiger partial charge on any atom is 0.175 e. The fraction of sp³-hybridized carbons (Fsp3) is 0.500. The summed E-state index contributed by atoms with van der Waals surface area (Å²) < 4.78 is 12.9. The van der Waals surface area contributed by atoms with Crippen LogP contribution in [0.25, 0.3) is 0 Å². The molecule has 2 aromatic rings. The number of hydrogen-bond donors (Lipinski definition) is 1. The Balaban J connectivity index is 0.00000320. The molecule has 0 aromatic heterocycles. The van der Waals surface area contributed by atoms with Crippen LogP contribution in [0.2, 0.25) is 5.02 Å². The van der Waals surface area contributed by atoms with Gasteiger partial charge in [-0.1, -0.05) is 55.8 Å². The van der Waals surface area contributed by atoms with Crippen molar-refractivity contribution < 1.29 is 9.47 Å². The molecule has 0 radical (unpaired) electrons. The van der Waals surface area contributed by atoms with Crippen molar-refractivity contribution in [3.05, 3.63) is 57.0 Å². The van der Waals surface area contributed by atoms with Crippen LogP contribution in [-0.4, -0.2) is 12.6 Å². The molecular formula is C24H32BrCl2NO2. The molecule has 0 bridgehead atoms. The van der Waals surface area contributed by atoms with Gasteiger partial charge >= 0.3 is 0 Å². The van der Waals surface area contributed by atoms with Gasteiger partial charge in [-0.3, -0.25) is 0 Å². The van der Waals surface area contributed by atoms with E-state index in [1.807, 2.05) is 31.2 Å². The van der Waals surface area contributed by atoms with Gasteiger partial charge < -0.3 is 14.8 Å². The van der Waals surface area contributed by atoms with Crippen LogP contribution in [0.3, 0.4) is 0 Å². The molecule has 0 spiro atoms. The molecule has 0 aliphatic heterocycles. The van der Waals surface area contributed by atoms with Gasteiger partial charge in [-0.15, -0.1) is 12.4 Å². The van der Waals surface area contributed by atoms with Crippen molar-refractivity contribution in [3.8, 4) is 11.5 Å². The number of nitrogens with one attached hydrogen (secondary N) is 1. The Morgan fingerprint density at radius 1 is 0.967 bits per heavy atom. The smallest absolute Gasteiger partial charge is 0.175 e. The highest BCUT2D eigenvalue weighted by atomic mass is 79.9. The molecule has 2 aromatic carbocycles. The van der Waals surface area contributed by atoms with Crippen LogP contribution in [0.4, 0.5) is 0 Å². The second kappa shape index (κ2) is 13.5. The van der Waals surface area contributed by atoms with Gasteiger partial charge in [0.2, 0.25) is 0 Å². The molecule has 6 heteroatoms. The van der Waals surface area contributed by atoms with E-state index in [0.29, 0.717) is 19.3 Å². The van der Waals surface area contributed by atoms with Gasteiger partial charge in [0.05, 0.1) is 11.1 Å². The third-order valence-electron chi connectivity index (χ3n) is 5.37. The van der Waals surface area contributed by atoms with Crippen LogP contribution in [0.1, 0.15) is 63.0 Å². The third-order valence-corrected chi connectivity index (χ3v) is 6.21. The molecule has 30 heavy (non-hydrogen) atoms. The van der Waals surface area contributed by atoms with Crippen molar-refractivity contribution in [1.29, 1.82) is 0 Å². The lowest BCUT2D eigenvalue weighted by molar-refractivity contribution is 0.267. The predicted molar refractivity (Wildman–Crippen MR) is 131 cm³/mol. The average molecular weight is 517 g/mol. The fourth-order valence-corrected chi connectivity index (χ4v) is 4.51. The van der Waals surface area contributed by atoms with E-state index in [-0.39, 0.29) is 12.4 Å². The molecule has 1 N–H and O–H groups in total. The van der Waals surface area contributed by atoms with Crippen LogP contribution in [0.5, 0.6) is 11.5 Å². The Kier molecular flexibility index (Phi) is 11.4. The van der Waals surface area contributed by atoms with Gasteiger partial charge in [-0.2, -0.15) is 0 Å². The third kappa shape index (κ3) is 7.96. The zero-order chi connectivity index (χ0) is 20.5. The first-order chi connectivity index (χ1) is 14.2. The van der Waals surface area contributed by atoms with E-state index in [1.165, 1.54) is 50.5 Å². The van der Waals surface area contributed by atoms with E-state index in [4.69, 9.17) is 21.1 Å². The minimum Gasteiger partial charge on any atom is -0.490 e. The van der Waals surface area contributed by atoms with Crippen molar-refractivity contribution in [3.63, 3.8) is 0 Å². The summed E-state index contributed by atoms with van der Waals surface area (Å²) >= 11 is 9.65. The number of rotatable bonds is 8. The molecule has 0 saturated heterocycles. The minimum atomic E-state index is 0. The first-order valence-electron chi connectivity index (χ1n) is 10.7. The maximum absolute atomic E-state index is 6.09. The fourth-order valence-electron chi connectivity index (χ4n) is 3.79. The van der Waals surface area contributed by atoms with E-state index in [0.717, 1.165) is 33.1 Å². The zero-order valence-electron chi connectivity index (χ0n) is 17.6. The second-order valence-corrected chi connectivity index (χ2v) is 8.97. The molecule has 0 heterocycles. The van der Waals surface area contributed by atoms with E-state index < -0.39 is 0 Å². The molecular weight excluding hydrogens is 485 g/mol. The lowest BCUT2D eigenvalue weighted by Gasteiger charge is -2.22. The standard InChI is InChI=1S/C24H31BrClNO2.ClH/c1-2-28-23-15-19(16-27-21-8-6-4-3-5-7-9-21)14-22(25)24(23)29-17-18-10-12-20(26)13-11-18;/h10-15,21,27H,2-9,16-17H2,1H3;1H. The monoisotopic (exact) mass is 515 g/mol. The highest BCUT2D eigenvalue weighted by molar-refractivity contribution is 9.10. The second-order valence-electron chi connectivity index (χ2n) is 7.68. The van der Waals surface area contributed by atoms with Crippen molar-refractivity contribution in [1.82, 2.24) is 5.32 Å². The van der Waals surface area contributed by atoms with Crippen LogP contribution in [0, 0.1) is 0 Å². The first kappa shape index (κ1) is 25.3. The quantitative estimate of drug-likeness (QED) is 0.389. The van der Waals surface area contributed by atoms with Crippen molar-refractivity contribution >= 4 is 39.9 Å². The summed E-state index contributed by atoms with van der Waals surface area (Å²) in [5, 5.41) is 4.48. The normalized spacial score (nSPS) is 15.0. The largest absolute Gasteiger partial charge is 0.490 e. The Morgan fingerprint density at radius 3 is 2.30 bits per heavy atom. The summed E-state index contributed by atoms with van der Waals surface area (Å²) in [6.45, 7) is 3.91. The minimum absolute atomic E-state index is 0. The van der Waals surface area contributed by atoms with Crippen LogP contribution in [0.15, 0.2) is 40.9 Å². The van der Waals surface area contributed by atoms with E-state index in [2.05, 4.69) is 33.4 Å². The molecule has 3 rings (SSSR count). The summed E-state index contributed by atoms with van der Waals surface area (Å²) in [7, 11) is 0. The van der Waals surface area contributed by atoms with Crippen LogP contribution < -0.4 is 14.8 Å². The summed E-state index contributed by atoms with van der Waals surface area (Å²) in [4.78, 5) is 0. The van der Waals surface area contributed by atoms with Crippen molar-refractivity contribution in [2.24, 2.45) is 0 Å². The van der Waals surface area contributed by atoms with Gasteiger partial charge in [-0.05, 0) is 71.1 Å². The van der Waals surface area contributed by atoms with Crippen molar-refractivity contribution in [2.75, 3.05) is 6.61 Å². The SMILES string of the molecule is CCOc1cc(CNC2CCCCCCC2)cc(Br)c1OCc1ccc(Cl)cc1.Cl. The number of halogens is 3. The van der Waals surface area contributed by atoms with Crippen molar-refractivity contribution in [2.45, 2.75) is 71.1 Å². The maximum atomic E-state index is 6.09. The molecule has 0 atom stereocenters. The van der Waals surface area contributed by atoms with E-state index in [1.54, 1.807) is 0 Å². The first-order valence-corrected chi connectivity index (χ1v) is 11.9.